The Morgan fingerprint density at radius 3 is 2.59 bits per heavy atom. The molecule has 2 aliphatic rings. The Kier molecular flexibility index (Phi) is 4.48. The monoisotopic (exact) mass is 381 g/mol. The van der Waals surface area contributed by atoms with Crippen LogP contribution in [0.1, 0.15) is 34.3 Å². The highest BCUT2D eigenvalue weighted by Crippen LogP contribution is 2.29. The lowest BCUT2D eigenvalue weighted by Crippen LogP contribution is -2.52. The maximum absolute atomic E-state index is 12.7. The number of nitrogens with zero attached hydrogens (tertiary/aromatic N) is 2. The number of carbonyl (C=O) groups excluding carboxylic acids is 2. The fourth-order valence-electron chi connectivity index (χ4n) is 3.67. The van der Waals surface area contributed by atoms with Crippen LogP contribution in [0.3, 0.4) is 0 Å². The molecular weight excluding hydrogens is 362 g/mol. The molecule has 27 heavy (non-hydrogen) atoms. The van der Waals surface area contributed by atoms with E-state index in [4.69, 9.17) is 16.6 Å². The normalized spacial score (nSPS) is 18.4. The predicted molar refractivity (Wildman–Crippen MR) is 105 cm³/mol. The van der Waals surface area contributed by atoms with Crippen LogP contribution in [0.25, 0.3) is 0 Å². The van der Waals surface area contributed by atoms with Crippen molar-refractivity contribution in [1.29, 1.82) is 0 Å². The maximum Gasteiger partial charge on any atom is 0.272 e. The largest absolute Gasteiger partial charge is 0.338 e. The molecule has 1 spiro atoms. The zero-order valence-corrected chi connectivity index (χ0v) is 15.8. The second kappa shape index (κ2) is 6.82. The molecule has 2 heterocycles. The quantitative estimate of drug-likeness (QED) is 0.868. The Balaban J connectivity index is 1.50. The van der Waals surface area contributed by atoms with Crippen LogP contribution in [0, 0.1) is 6.92 Å². The summed E-state index contributed by atoms with van der Waals surface area (Å²) in [6.07, 6.45) is 1.20. The lowest BCUT2D eigenvalue weighted by molar-refractivity contribution is -0.115. The van der Waals surface area contributed by atoms with E-state index in [0.29, 0.717) is 42.2 Å². The zero-order valence-electron chi connectivity index (χ0n) is 15.0. The molecule has 0 bridgehead atoms. The van der Waals surface area contributed by atoms with Gasteiger partial charge in [-0.1, -0.05) is 41.4 Å². The molecule has 0 atom stereocenters. The molecule has 0 radical (unpaired) electrons. The number of nitrogens with one attached hydrogen (secondary N) is 1. The van der Waals surface area contributed by atoms with E-state index in [2.05, 4.69) is 5.32 Å². The van der Waals surface area contributed by atoms with Crippen LogP contribution in [-0.2, 0) is 4.79 Å². The number of carbonyl (C=O) groups is 2. The first-order chi connectivity index (χ1) is 13.0. The third-order valence-electron chi connectivity index (χ3n) is 5.13. The highest BCUT2D eigenvalue weighted by Gasteiger charge is 2.42. The van der Waals surface area contributed by atoms with E-state index in [1.165, 1.54) is 0 Å². The number of likely N-dealkylation sites (tertiary alicyclic amines) is 1. The lowest BCUT2D eigenvalue weighted by atomic mass is 9.97. The van der Waals surface area contributed by atoms with Crippen molar-refractivity contribution < 1.29 is 9.59 Å². The van der Waals surface area contributed by atoms with Gasteiger partial charge in [-0.2, -0.15) is 0 Å². The van der Waals surface area contributed by atoms with Crippen LogP contribution in [0.2, 0.25) is 5.02 Å². The van der Waals surface area contributed by atoms with E-state index in [1.54, 1.807) is 29.2 Å². The molecule has 1 saturated heterocycles. The van der Waals surface area contributed by atoms with Crippen molar-refractivity contribution in [2.45, 2.75) is 25.4 Å². The first-order valence-electron chi connectivity index (χ1n) is 9.00. The van der Waals surface area contributed by atoms with Crippen molar-refractivity contribution in [2.24, 2.45) is 4.99 Å². The molecule has 0 unspecified atom stereocenters. The first-order valence-corrected chi connectivity index (χ1v) is 9.38. The number of halogens is 1. The molecule has 2 aromatic rings. The third-order valence-corrected chi connectivity index (χ3v) is 5.36. The molecule has 6 heteroatoms. The van der Waals surface area contributed by atoms with Gasteiger partial charge in [-0.25, -0.2) is 0 Å². The van der Waals surface area contributed by atoms with Gasteiger partial charge in [0.15, 0.2) is 0 Å². The molecule has 0 saturated carbocycles. The van der Waals surface area contributed by atoms with Crippen LogP contribution in [0.15, 0.2) is 53.5 Å². The number of aliphatic imine (C=N–C) groups is 1. The first kappa shape index (κ1) is 17.7. The number of hydrogen-bond donors (Lipinski definition) is 1. The SMILES string of the molecule is Cc1cccc(C2=NC3(CCN(C(=O)c4cccc(Cl)c4)CC3)NC2=O)c1. The van der Waals surface area contributed by atoms with Gasteiger partial charge >= 0.3 is 0 Å². The number of amides is 2. The van der Waals surface area contributed by atoms with Crippen molar-refractivity contribution >= 4 is 29.1 Å². The average molecular weight is 382 g/mol. The summed E-state index contributed by atoms with van der Waals surface area (Å²) in [4.78, 5) is 31.7. The summed E-state index contributed by atoms with van der Waals surface area (Å²) in [6.45, 7) is 3.07. The summed E-state index contributed by atoms with van der Waals surface area (Å²) < 4.78 is 0. The number of rotatable bonds is 2. The van der Waals surface area contributed by atoms with Gasteiger partial charge in [0, 0.05) is 42.1 Å². The summed E-state index contributed by atoms with van der Waals surface area (Å²) in [7, 11) is 0. The summed E-state index contributed by atoms with van der Waals surface area (Å²) in [5.41, 5.74) is 2.38. The number of piperidine rings is 1. The molecule has 2 aromatic carbocycles. The van der Waals surface area contributed by atoms with Gasteiger partial charge in [-0.15, -0.1) is 0 Å². The van der Waals surface area contributed by atoms with Gasteiger partial charge in [0.1, 0.15) is 11.4 Å². The summed E-state index contributed by atoms with van der Waals surface area (Å²) in [5.74, 6) is -0.185. The number of hydrogen-bond acceptors (Lipinski definition) is 3. The Hall–Kier alpha value is -2.66. The van der Waals surface area contributed by atoms with E-state index in [1.807, 2.05) is 31.2 Å². The predicted octanol–water partition coefficient (Wildman–Crippen LogP) is 3.20. The van der Waals surface area contributed by atoms with Crippen molar-refractivity contribution in [3.8, 4) is 0 Å². The molecule has 138 valence electrons. The van der Waals surface area contributed by atoms with Gasteiger partial charge in [-0.05, 0) is 31.2 Å². The van der Waals surface area contributed by atoms with Crippen LogP contribution < -0.4 is 5.32 Å². The Morgan fingerprint density at radius 1 is 1.15 bits per heavy atom. The Morgan fingerprint density at radius 2 is 1.89 bits per heavy atom. The van der Waals surface area contributed by atoms with Gasteiger partial charge < -0.3 is 10.2 Å². The topological polar surface area (TPSA) is 61.8 Å². The minimum absolute atomic E-state index is 0.0421. The zero-order chi connectivity index (χ0) is 19.0. The van der Waals surface area contributed by atoms with Gasteiger partial charge in [0.2, 0.25) is 0 Å². The Labute approximate surface area is 163 Å². The van der Waals surface area contributed by atoms with Gasteiger partial charge in [0.25, 0.3) is 11.8 Å². The van der Waals surface area contributed by atoms with E-state index >= 15 is 0 Å². The van der Waals surface area contributed by atoms with Gasteiger partial charge in [-0.3, -0.25) is 14.6 Å². The molecule has 4 rings (SSSR count). The van der Waals surface area contributed by atoms with Crippen molar-refractivity contribution in [3.63, 3.8) is 0 Å². The van der Waals surface area contributed by atoms with Crippen molar-refractivity contribution in [3.05, 3.63) is 70.2 Å². The summed E-state index contributed by atoms with van der Waals surface area (Å²) >= 11 is 5.99. The van der Waals surface area contributed by atoms with E-state index in [-0.39, 0.29) is 11.8 Å². The molecule has 0 aliphatic carbocycles. The van der Waals surface area contributed by atoms with Crippen molar-refractivity contribution in [2.75, 3.05) is 13.1 Å². The fraction of sp³-hybridized carbons (Fsp3) is 0.286. The highest BCUT2D eigenvalue weighted by molar-refractivity contribution is 6.46. The van der Waals surface area contributed by atoms with Crippen LogP contribution in [0.4, 0.5) is 0 Å². The number of aryl methyl sites for hydroxylation is 1. The minimum Gasteiger partial charge on any atom is -0.338 e. The van der Waals surface area contributed by atoms with E-state index in [9.17, 15) is 9.59 Å². The maximum atomic E-state index is 12.7. The fourth-order valence-corrected chi connectivity index (χ4v) is 3.86. The highest BCUT2D eigenvalue weighted by atomic mass is 35.5. The second-order valence-electron chi connectivity index (χ2n) is 7.12. The summed E-state index contributed by atoms with van der Waals surface area (Å²) in [6, 6.07) is 14.8. The second-order valence-corrected chi connectivity index (χ2v) is 7.55. The Bertz CT molecular complexity index is 946. The summed E-state index contributed by atoms with van der Waals surface area (Å²) in [5, 5.41) is 3.59. The van der Waals surface area contributed by atoms with Gasteiger partial charge in [0.05, 0.1) is 0 Å². The van der Waals surface area contributed by atoms with E-state index in [0.717, 1.165) is 11.1 Å². The molecular formula is C21H20ClN3O2. The molecule has 2 aliphatic heterocycles. The number of benzene rings is 2. The lowest BCUT2D eigenvalue weighted by Gasteiger charge is -2.37. The average Bonchev–Trinajstić information content (AvgIpc) is 2.98. The molecule has 1 N–H and O–H groups in total. The minimum atomic E-state index is -0.610. The molecule has 5 nitrogen and oxygen atoms in total. The smallest absolute Gasteiger partial charge is 0.272 e. The van der Waals surface area contributed by atoms with Crippen LogP contribution in [-0.4, -0.2) is 41.2 Å². The van der Waals surface area contributed by atoms with Crippen LogP contribution in [0.5, 0.6) is 0 Å². The molecule has 0 aromatic heterocycles. The molecule has 2 amide bonds. The van der Waals surface area contributed by atoms with Crippen molar-refractivity contribution in [1.82, 2.24) is 10.2 Å². The third kappa shape index (κ3) is 3.47. The standard InChI is InChI=1S/C21H20ClN3O2/c1-14-4-2-5-15(12-14)18-19(26)24-21(23-18)8-10-25(11-9-21)20(27)16-6-3-7-17(22)13-16/h2-7,12-13H,8-11H2,1H3,(H,24,26). The van der Waals surface area contributed by atoms with E-state index < -0.39 is 5.66 Å². The molecule has 1 fully saturated rings. The van der Waals surface area contributed by atoms with Crippen LogP contribution >= 0.6 is 11.6 Å².